The first-order chi connectivity index (χ1) is 9.88. The third-order valence-electron chi connectivity index (χ3n) is 2.70. The minimum atomic E-state index is -1.22. The van der Waals surface area contributed by atoms with Crippen molar-refractivity contribution in [3.63, 3.8) is 0 Å². The van der Waals surface area contributed by atoms with Gasteiger partial charge >= 0.3 is 5.97 Å². The molecule has 0 bridgehead atoms. The Bertz CT molecular complexity index is 513. The van der Waals surface area contributed by atoms with Crippen LogP contribution in [-0.4, -0.2) is 35.5 Å². The van der Waals surface area contributed by atoms with Gasteiger partial charge in [-0.05, 0) is 25.5 Å². The molecule has 0 saturated carbocycles. The molecule has 0 heterocycles. The van der Waals surface area contributed by atoms with Crippen LogP contribution in [-0.2, 0) is 14.4 Å². The summed E-state index contributed by atoms with van der Waals surface area (Å²) in [5, 5.41) is 11.2. The summed E-state index contributed by atoms with van der Waals surface area (Å²) in [5.74, 6) is -1.90. The third kappa shape index (κ3) is 6.42. The van der Waals surface area contributed by atoms with E-state index in [1.165, 1.54) is 0 Å². The van der Waals surface area contributed by atoms with Crippen molar-refractivity contribution in [2.75, 3.05) is 6.61 Å². The predicted octanol–water partition coefficient (Wildman–Crippen LogP) is 0.209. The number of carbonyl (C=O) groups is 3. The zero-order valence-electron chi connectivity index (χ0n) is 11.7. The Kier molecular flexibility index (Phi) is 6.19. The lowest BCUT2D eigenvalue weighted by Crippen LogP contribution is -2.43. The fourth-order valence-electron chi connectivity index (χ4n) is 1.56. The summed E-state index contributed by atoms with van der Waals surface area (Å²) in [6.45, 7) is 1.62. The average molecular weight is 294 g/mol. The summed E-state index contributed by atoms with van der Waals surface area (Å²) in [5.41, 5.74) is 6.01. The number of nitrogens with two attached hydrogens (primary N) is 1. The Hall–Kier alpha value is -2.57. The van der Waals surface area contributed by atoms with Crippen molar-refractivity contribution in [1.82, 2.24) is 5.32 Å². The molecule has 0 aliphatic heterocycles. The fraction of sp³-hybridized carbons (Fsp3) is 0.357. The summed E-state index contributed by atoms with van der Waals surface area (Å²) < 4.78 is 5.23. The second kappa shape index (κ2) is 7.88. The van der Waals surface area contributed by atoms with Gasteiger partial charge in [0.15, 0.2) is 6.61 Å². The number of nitrogens with one attached hydrogen (secondary N) is 1. The molecule has 1 unspecified atom stereocenters. The molecule has 0 aliphatic carbocycles. The highest BCUT2D eigenvalue weighted by Crippen LogP contribution is 2.11. The number of primary amides is 1. The van der Waals surface area contributed by atoms with Crippen LogP contribution >= 0.6 is 0 Å². The Morgan fingerprint density at radius 1 is 1.29 bits per heavy atom. The van der Waals surface area contributed by atoms with Crippen LogP contribution in [0.15, 0.2) is 24.3 Å². The van der Waals surface area contributed by atoms with Gasteiger partial charge in [0, 0.05) is 6.42 Å². The van der Waals surface area contributed by atoms with Crippen molar-refractivity contribution < 1.29 is 24.2 Å². The molecule has 7 heteroatoms. The number of carbonyl (C=O) groups excluding carboxylic acids is 2. The molecule has 1 aromatic rings. The molecule has 0 radical (unpaired) electrons. The summed E-state index contributed by atoms with van der Waals surface area (Å²) in [4.78, 5) is 33.2. The van der Waals surface area contributed by atoms with E-state index in [0.29, 0.717) is 5.75 Å². The second-order valence-electron chi connectivity index (χ2n) is 4.57. The van der Waals surface area contributed by atoms with E-state index in [2.05, 4.69) is 5.32 Å². The molecule has 1 rings (SSSR count). The van der Waals surface area contributed by atoms with Gasteiger partial charge in [-0.1, -0.05) is 17.7 Å². The van der Waals surface area contributed by atoms with Gasteiger partial charge < -0.3 is 20.9 Å². The highest BCUT2D eigenvalue weighted by molar-refractivity contribution is 5.85. The molecule has 21 heavy (non-hydrogen) atoms. The number of hydrogen-bond acceptors (Lipinski definition) is 4. The quantitative estimate of drug-likeness (QED) is 0.633. The number of aliphatic carboxylic acids is 1. The lowest BCUT2D eigenvalue weighted by Gasteiger charge is -2.14. The van der Waals surface area contributed by atoms with Gasteiger partial charge in [0.25, 0.3) is 5.91 Å². The van der Waals surface area contributed by atoms with Crippen LogP contribution in [0.3, 0.4) is 0 Å². The molecule has 114 valence electrons. The largest absolute Gasteiger partial charge is 0.484 e. The molecule has 1 atom stereocenters. The van der Waals surface area contributed by atoms with E-state index in [0.717, 1.165) is 5.56 Å². The Labute approximate surface area is 122 Å². The monoisotopic (exact) mass is 294 g/mol. The first-order valence-electron chi connectivity index (χ1n) is 6.38. The first-order valence-corrected chi connectivity index (χ1v) is 6.38. The van der Waals surface area contributed by atoms with Crippen molar-refractivity contribution in [2.24, 2.45) is 5.73 Å². The van der Waals surface area contributed by atoms with Crippen molar-refractivity contribution in [1.29, 1.82) is 0 Å². The van der Waals surface area contributed by atoms with E-state index in [1.807, 2.05) is 19.1 Å². The van der Waals surface area contributed by atoms with Gasteiger partial charge in [-0.25, -0.2) is 4.79 Å². The van der Waals surface area contributed by atoms with Crippen LogP contribution in [0.2, 0.25) is 0 Å². The van der Waals surface area contributed by atoms with E-state index in [-0.39, 0.29) is 19.4 Å². The lowest BCUT2D eigenvalue weighted by molar-refractivity contribution is -0.142. The number of ether oxygens (including phenoxy) is 1. The van der Waals surface area contributed by atoms with Gasteiger partial charge in [-0.3, -0.25) is 9.59 Å². The topological polar surface area (TPSA) is 119 Å². The third-order valence-corrected chi connectivity index (χ3v) is 2.70. The molecule has 1 aromatic carbocycles. The van der Waals surface area contributed by atoms with E-state index in [1.54, 1.807) is 12.1 Å². The average Bonchev–Trinajstić information content (AvgIpc) is 2.42. The van der Waals surface area contributed by atoms with Crippen LogP contribution in [0, 0.1) is 6.92 Å². The maximum atomic E-state index is 11.6. The van der Waals surface area contributed by atoms with E-state index in [4.69, 9.17) is 15.6 Å². The minimum absolute atomic E-state index is 0.0546. The summed E-state index contributed by atoms with van der Waals surface area (Å²) in [7, 11) is 0. The highest BCUT2D eigenvalue weighted by atomic mass is 16.5. The number of carboxylic acid groups (broad SMARTS) is 1. The fourth-order valence-corrected chi connectivity index (χ4v) is 1.56. The number of hydrogen-bond donors (Lipinski definition) is 3. The molecule has 0 aromatic heterocycles. The molecule has 0 spiro atoms. The molecule has 0 aliphatic rings. The van der Waals surface area contributed by atoms with Gasteiger partial charge in [0.2, 0.25) is 5.91 Å². The molecular weight excluding hydrogens is 276 g/mol. The number of amides is 2. The normalized spacial score (nSPS) is 11.5. The minimum Gasteiger partial charge on any atom is -0.484 e. The predicted molar refractivity (Wildman–Crippen MR) is 74.7 cm³/mol. The van der Waals surface area contributed by atoms with Crippen LogP contribution in [0.5, 0.6) is 5.75 Å². The number of benzene rings is 1. The number of carboxylic acids is 1. The van der Waals surface area contributed by atoms with Crippen LogP contribution in [0.1, 0.15) is 18.4 Å². The SMILES string of the molecule is Cc1ccc(OCC(=O)NC(CCC(N)=O)C(=O)O)cc1. The standard InChI is InChI=1S/C14H18N2O5/c1-9-2-4-10(5-3-9)21-8-13(18)16-11(14(19)20)6-7-12(15)17/h2-5,11H,6-8H2,1H3,(H2,15,17)(H,16,18)(H,19,20). The van der Waals surface area contributed by atoms with Gasteiger partial charge in [-0.15, -0.1) is 0 Å². The van der Waals surface area contributed by atoms with E-state index >= 15 is 0 Å². The van der Waals surface area contributed by atoms with Gasteiger partial charge in [0.05, 0.1) is 0 Å². The Balaban J connectivity index is 2.44. The van der Waals surface area contributed by atoms with Gasteiger partial charge in [0.1, 0.15) is 11.8 Å². The van der Waals surface area contributed by atoms with Crippen LogP contribution in [0.25, 0.3) is 0 Å². The van der Waals surface area contributed by atoms with E-state index in [9.17, 15) is 14.4 Å². The zero-order valence-corrected chi connectivity index (χ0v) is 11.7. The molecule has 0 fully saturated rings. The summed E-state index contributed by atoms with van der Waals surface area (Å²) >= 11 is 0. The van der Waals surface area contributed by atoms with Crippen molar-refractivity contribution in [2.45, 2.75) is 25.8 Å². The molecular formula is C14H18N2O5. The van der Waals surface area contributed by atoms with Crippen molar-refractivity contribution in [3.8, 4) is 5.75 Å². The highest BCUT2D eigenvalue weighted by Gasteiger charge is 2.20. The number of aryl methyl sites for hydroxylation is 1. The smallest absolute Gasteiger partial charge is 0.326 e. The van der Waals surface area contributed by atoms with Crippen LogP contribution < -0.4 is 15.8 Å². The Morgan fingerprint density at radius 3 is 2.43 bits per heavy atom. The summed E-state index contributed by atoms with van der Waals surface area (Å²) in [6, 6.07) is 5.93. The maximum absolute atomic E-state index is 11.6. The lowest BCUT2D eigenvalue weighted by atomic mass is 10.1. The summed E-state index contributed by atoms with van der Waals surface area (Å²) in [6.07, 6.45) is -0.170. The molecule has 2 amide bonds. The van der Waals surface area contributed by atoms with E-state index < -0.39 is 23.8 Å². The molecule has 7 nitrogen and oxygen atoms in total. The second-order valence-corrected chi connectivity index (χ2v) is 4.57. The number of rotatable bonds is 8. The van der Waals surface area contributed by atoms with Gasteiger partial charge in [-0.2, -0.15) is 0 Å². The maximum Gasteiger partial charge on any atom is 0.326 e. The van der Waals surface area contributed by atoms with Crippen LogP contribution in [0.4, 0.5) is 0 Å². The first kappa shape index (κ1) is 16.5. The zero-order chi connectivity index (χ0) is 15.8. The van der Waals surface area contributed by atoms with Crippen molar-refractivity contribution in [3.05, 3.63) is 29.8 Å². The molecule has 4 N–H and O–H groups in total. The van der Waals surface area contributed by atoms with Crippen molar-refractivity contribution >= 4 is 17.8 Å². The Morgan fingerprint density at radius 2 is 1.90 bits per heavy atom. The molecule has 0 saturated heterocycles.